The van der Waals surface area contributed by atoms with Gasteiger partial charge < -0.3 is 15.2 Å². The lowest BCUT2D eigenvalue weighted by Crippen LogP contribution is -2.36. The molecule has 2 rings (SSSR count). The number of halogens is 2. The highest BCUT2D eigenvalue weighted by molar-refractivity contribution is 14.0. The van der Waals surface area contributed by atoms with Crippen molar-refractivity contribution in [1.82, 2.24) is 15.8 Å². The average Bonchev–Trinajstić information content (AvgIpc) is 2.94. The van der Waals surface area contributed by atoms with Gasteiger partial charge in [-0.1, -0.05) is 35.0 Å². The van der Waals surface area contributed by atoms with Crippen molar-refractivity contribution in [2.75, 3.05) is 7.05 Å². The van der Waals surface area contributed by atoms with Crippen LogP contribution < -0.4 is 10.6 Å². The molecule has 20 heavy (non-hydrogen) atoms. The monoisotopic (exact) mass is 406 g/mol. The van der Waals surface area contributed by atoms with Crippen LogP contribution in [0.25, 0.3) is 0 Å². The molecule has 0 spiro atoms. The highest BCUT2D eigenvalue weighted by Gasteiger charge is 2.02. The normalized spacial score (nSPS) is 10.8. The molecule has 1 aromatic heterocycles. The number of nitrogens with one attached hydrogen (secondary N) is 2. The maximum absolute atomic E-state index is 6.09. The molecule has 0 saturated carbocycles. The summed E-state index contributed by atoms with van der Waals surface area (Å²) in [5.41, 5.74) is 1.84. The summed E-state index contributed by atoms with van der Waals surface area (Å²) in [6.45, 7) is 1.16. The molecule has 1 aromatic carbocycles. The number of guanidine groups is 1. The van der Waals surface area contributed by atoms with Crippen LogP contribution in [0.5, 0.6) is 0 Å². The van der Waals surface area contributed by atoms with E-state index in [-0.39, 0.29) is 24.0 Å². The molecule has 0 bridgehead atoms. The Morgan fingerprint density at radius 1 is 1.25 bits per heavy atom. The Morgan fingerprint density at radius 3 is 2.65 bits per heavy atom. The van der Waals surface area contributed by atoms with Gasteiger partial charge in [-0.05, 0) is 11.6 Å². The van der Waals surface area contributed by atoms with Crippen LogP contribution in [0.2, 0.25) is 5.02 Å². The third-order valence-corrected chi connectivity index (χ3v) is 2.92. The highest BCUT2D eigenvalue weighted by atomic mass is 127. The minimum atomic E-state index is 0. The molecule has 0 unspecified atom stereocenters. The summed E-state index contributed by atoms with van der Waals surface area (Å²) in [4.78, 5) is 4.13. The molecule has 0 amide bonds. The molecule has 0 atom stereocenters. The van der Waals surface area contributed by atoms with Crippen molar-refractivity contribution >= 4 is 41.5 Å². The van der Waals surface area contributed by atoms with Gasteiger partial charge in [0.25, 0.3) is 0 Å². The lowest BCUT2D eigenvalue weighted by Gasteiger charge is -2.11. The van der Waals surface area contributed by atoms with Crippen molar-refractivity contribution < 1.29 is 4.52 Å². The van der Waals surface area contributed by atoms with E-state index in [2.05, 4.69) is 20.8 Å². The topological polar surface area (TPSA) is 62.5 Å². The molecule has 5 nitrogen and oxygen atoms in total. The Hall–Kier alpha value is -1.28. The average molecular weight is 407 g/mol. The van der Waals surface area contributed by atoms with Gasteiger partial charge in [0.2, 0.25) is 0 Å². The van der Waals surface area contributed by atoms with Crippen LogP contribution >= 0.6 is 35.6 Å². The van der Waals surface area contributed by atoms with Crippen LogP contribution in [0.1, 0.15) is 11.3 Å². The van der Waals surface area contributed by atoms with Crippen molar-refractivity contribution in [3.63, 3.8) is 0 Å². The second-order valence-corrected chi connectivity index (χ2v) is 4.27. The van der Waals surface area contributed by atoms with Crippen molar-refractivity contribution in [2.45, 2.75) is 13.1 Å². The molecule has 0 radical (unpaired) electrons. The lowest BCUT2D eigenvalue weighted by atomic mass is 10.2. The predicted molar refractivity (Wildman–Crippen MR) is 90.4 cm³/mol. The van der Waals surface area contributed by atoms with E-state index in [1.807, 2.05) is 24.3 Å². The number of hydrogen-bond donors (Lipinski definition) is 2. The van der Waals surface area contributed by atoms with Crippen LogP contribution in [0.15, 0.2) is 46.1 Å². The summed E-state index contributed by atoms with van der Waals surface area (Å²) in [6.07, 6.45) is 1.54. The minimum absolute atomic E-state index is 0. The maximum Gasteiger partial charge on any atom is 0.191 e. The molecule has 0 aliphatic rings. The summed E-state index contributed by atoms with van der Waals surface area (Å²) in [6, 6.07) is 9.50. The van der Waals surface area contributed by atoms with Gasteiger partial charge in [-0.25, -0.2) is 0 Å². The Bertz CT molecular complexity index is 545. The van der Waals surface area contributed by atoms with E-state index in [9.17, 15) is 0 Å². The van der Waals surface area contributed by atoms with Crippen LogP contribution in [0.3, 0.4) is 0 Å². The fourth-order valence-electron chi connectivity index (χ4n) is 1.54. The predicted octanol–water partition coefficient (Wildman–Crippen LogP) is 2.81. The van der Waals surface area contributed by atoms with Gasteiger partial charge in [0, 0.05) is 24.7 Å². The first kappa shape index (κ1) is 16.8. The quantitative estimate of drug-likeness (QED) is 0.466. The van der Waals surface area contributed by atoms with Gasteiger partial charge in [0.05, 0.1) is 6.54 Å². The zero-order valence-electron chi connectivity index (χ0n) is 11.0. The zero-order valence-corrected chi connectivity index (χ0v) is 14.1. The van der Waals surface area contributed by atoms with E-state index in [1.165, 1.54) is 6.26 Å². The Morgan fingerprint density at radius 2 is 2.00 bits per heavy atom. The lowest BCUT2D eigenvalue weighted by molar-refractivity contribution is 0.410. The molecule has 7 heteroatoms. The molecule has 2 aromatic rings. The third kappa shape index (κ3) is 5.01. The summed E-state index contributed by atoms with van der Waals surface area (Å²) < 4.78 is 4.76. The smallest absolute Gasteiger partial charge is 0.191 e. The molecule has 0 saturated heterocycles. The van der Waals surface area contributed by atoms with Crippen molar-refractivity contribution in [1.29, 1.82) is 0 Å². The standard InChI is InChI=1S/C13H15ClN4O.HI/c1-15-13(17-9-11-6-7-19-18-11)16-8-10-4-2-3-5-12(10)14;/h2-7H,8-9H2,1H3,(H2,15,16,17);1H. The van der Waals surface area contributed by atoms with Crippen molar-refractivity contribution in [3.8, 4) is 0 Å². The molecule has 108 valence electrons. The van der Waals surface area contributed by atoms with E-state index >= 15 is 0 Å². The number of nitrogens with zero attached hydrogens (tertiary/aromatic N) is 2. The maximum atomic E-state index is 6.09. The molecule has 2 N–H and O–H groups in total. The summed E-state index contributed by atoms with van der Waals surface area (Å²) in [7, 11) is 1.71. The molecule has 0 aliphatic heterocycles. The first-order valence-corrected chi connectivity index (χ1v) is 6.24. The van der Waals surface area contributed by atoms with Gasteiger partial charge in [0.15, 0.2) is 5.96 Å². The van der Waals surface area contributed by atoms with Crippen LogP contribution in [0.4, 0.5) is 0 Å². The van der Waals surface area contributed by atoms with Gasteiger partial charge in [-0.15, -0.1) is 24.0 Å². The number of aromatic nitrogens is 1. The first-order chi connectivity index (χ1) is 9.29. The number of benzene rings is 1. The second kappa shape index (κ2) is 8.80. The zero-order chi connectivity index (χ0) is 13.5. The SMILES string of the molecule is CN=C(NCc1ccon1)NCc1ccccc1Cl.I. The fourth-order valence-corrected chi connectivity index (χ4v) is 1.75. The number of hydrogen-bond acceptors (Lipinski definition) is 3. The largest absolute Gasteiger partial charge is 0.364 e. The van der Waals surface area contributed by atoms with Crippen LogP contribution in [0, 0.1) is 0 Å². The molecular formula is C13H16ClIN4O. The van der Waals surface area contributed by atoms with Crippen molar-refractivity contribution in [3.05, 3.63) is 52.9 Å². The summed E-state index contributed by atoms with van der Waals surface area (Å²) >= 11 is 6.09. The second-order valence-electron chi connectivity index (χ2n) is 3.86. The Labute approximate surface area is 139 Å². The summed E-state index contributed by atoms with van der Waals surface area (Å²) in [5.74, 6) is 0.683. The van der Waals surface area contributed by atoms with Crippen LogP contribution in [-0.4, -0.2) is 18.2 Å². The molecular weight excluding hydrogens is 391 g/mol. The fraction of sp³-hybridized carbons (Fsp3) is 0.231. The third-order valence-electron chi connectivity index (χ3n) is 2.56. The molecule has 0 fully saturated rings. The molecule has 1 heterocycles. The first-order valence-electron chi connectivity index (χ1n) is 5.87. The summed E-state index contributed by atoms with van der Waals surface area (Å²) in [5, 5.41) is 10.9. The Balaban J connectivity index is 0.00000200. The number of rotatable bonds is 4. The Kier molecular flexibility index (Phi) is 7.38. The number of aliphatic imine (C=N–C) groups is 1. The van der Waals surface area contributed by atoms with Gasteiger partial charge in [0.1, 0.15) is 12.0 Å². The van der Waals surface area contributed by atoms with Gasteiger partial charge >= 0.3 is 0 Å². The van der Waals surface area contributed by atoms with Crippen molar-refractivity contribution in [2.24, 2.45) is 4.99 Å². The van der Waals surface area contributed by atoms with E-state index in [1.54, 1.807) is 13.1 Å². The van der Waals surface area contributed by atoms with E-state index < -0.39 is 0 Å². The highest BCUT2D eigenvalue weighted by Crippen LogP contribution is 2.14. The molecule has 0 aliphatic carbocycles. The van der Waals surface area contributed by atoms with E-state index in [0.29, 0.717) is 19.0 Å². The van der Waals surface area contributed by atoms with Gasteiger partial charge in [-0.2, -0.15) is 0 Å². The van der Waals surface area contributed by atoms with Gasteiger partial charge in [-0.3, -0.25) is 4.99 Å². The van der Waals surface area contributed by atoms with Crippen LogP contribution in [-0.2, 0) is 13.1 Å². The minimum Gasteiger partial charge on any atom is -0.364 e. The van der Waals surface area contributed by atoms with E-state index in [4.69, 9.17) is 16.1 Å². The van der Waals surface area contributed by atoms with E-state index in [0.717, 1.165) is 16.3 Å².